The lowest BCUT2D eigenvalue weighted by Crippen LogP contribution is -2.43. The number of carbonyl (C=O) groups excluding carboxylic acids is 1. The summed E-state index contributed by atoms with van der Waals surface area (Å²) in [5, 5.41) is 36.1. The Labute approximate surface area is 775 Å². The molecule has 0 radical (unpaired) electrons. The third kappa shape index (κ3) is 21.1. The summed E-state index contributed by atoms with van der Waals surface area (Å²) in [5.41, 5.74) is 28.0. The van der Waals surface area contributed by atoms with E-state index in [9.17, 15) is 9.90 Å². The fraction of sp³-hybridized carbons (Fsp3) is 0.269. The number of nitrogens with zero attached hydrogens (tertiary/aromatic N) is 20. The number of aryl methyl sites for hydroxylation is 2. The highest BCUT2D eigenvalue weighted by Crippen LogP contribution is 2.38. The maximum absolute atomic E-state index is 12.8. The van der Waals surface area contributed by atoms with Gasteiger partial charge >= 0.3 is 0 Å². The molecule has 17 aromatic rings. The van der Waals surface area contributed by atoms with Crippen LogP contribution in [0, 0.1) is 32.6 Å². The summed E-state index contributed by atoms with van der Waals surface area (Å²) in [6.45, 7) is 24.3. The number of aromatic amines is 1. The second kappa shape index (κ2) is 42.1. The zero-order valence-electron chi connectivity index (χ0n) is 76.3. The number of H-pyrrole nitrogens is 1. The van der Waals surface area contributed by atoms with Crippen LogP contribution in [0.25, 0.3) is 99.9 Å². The summed E-state index contributed by atoms with van der Waals surface area (Å²) in [5.74, 6) is 1.35. The lowest BCUT2D eigenvalue weighted by atomic mass is 9.90. The molecule has 0 bridgehead atoms. The molecule has 22 rings (SSSR count). The highest BCUT2D eigenvalue weighted by molar-refractivity contribution is 6.32. The van der Waals surface area contributed by atoms with Gasteiger partial charge in [-0.05, 0) is 208 Å². The first-order valence-electron chi connectivity index (χ1n) is 46.2. The van der Waals surface area contributed by atoms with Crippen LogP contribution in [0.1, 0.15) is 84.7 Å². The molecule has 16 heterocycles. The van der Waals surface area contributed by atoms with Crippen LogP contribution in [0.4, 0.5) is 11.4 Å². The van der Waals surface area contributed by atoms with Crippen molar-refractivity contribution in [3.05, 3.63) is 332 Å². The quantitative estimate of drug-likeness (QED) is 0.0675. The number of pyridine rings is 5. The van der Waals surface area contributed by atoms with E-state index >= 15 is 0 Å². The number of aromatic nitrogens is 14. The highest BCUT2D eigenvalue weighted by Gasteiger charge is 2.33. The lowest BCUT2D eigenvalue weighted by Gasteiger charge is -2.33. The zero-order chi connectivity index (χ0) is 90.9. The number of ketones is 1. The van der Waals surface area contributed by atoms with Crippen molar-refractivity contribution in [3.63, 3.8) is 0 Å². The number of likely N-dealkylation sites (N-methyl/N-ethyl adjacent to an activating group) is 1. The summed E-state index contributed by atoms with van der Waals surface area (Å²) in [7, 11) is 2.01. The van der Waals surface area contributed by atoms with Crippen molar-refractivity contribution in [1.82, 2.24) is 89.0 Å². The number of hydrazone groups is 1. The number of benzene rings is 6. The Hall–Kier alpha value is -14.6. The largest absolute Gasteiger partial charge is 0.492 e. The van der Waals surface area contributed by atoms with E-state index in [-0.39, 0.29) is 30.3 Å². The number of likely N-dealkylation sites (tertiary alicyclic amines) is 1. The van der Waals surface area contributed by atoms with Crippen molar-refractivity contribution in [2.24, 2.45) is 21.9 Å². The van der Waals surface area contributed by atoms with Gasteiger partial charge in [-0.25, -0.2) is 28.7 Å². The summed E-state index contributed by atoms with van der Waals surface area (Å²) in [6.07, 6.45) is 30.1. The summed E-state index contributed by atoms with van der Waals surface area (Å²) in [4.78, 5) is 61.8. The van der Waals surface area contributed by atoms with Gasteiger partial charge in [-0.15, -0.1) is 0 Å². The molecule has 133 heavy (non-hydrogen) atoms. The molecule has 0 saturated carbocycles. The molecular weight excluding hydrogens is 1650 g/mol. The lowest BCUT2D eigenvalue weighted by molar-refractivity contribution is -0.122. The molecule has 3 saturated heterocycles. The normalized spacial score (nSPS) is 16.0. The average molecular weight is 1770 g/mol. The number of piperidine rings is 1. The number of carbonyl (C=O) groups is 1. The van der Waals surface area contributed by atoms with Gasteiger partial charge in [-0.2, -0.15) is 20.4 Å². The fourth-order valence-corrected chi connectivity index (χ4v) is 18.4. The van der Waals surface area contributed by atoms with E-state index < -0.39 is 0 Å². The first kappa shape index (κ1) is 89.0. The van der Waals surface area contributed by atoms with Crippen LogP contribution in [0.3, 0.4) is 0 Å². The number of aliphatic hydroxyl groups is 1. The van der Waals surface area contributed by atoms with Crippen molar-refractivity contribution in [2.75, 3.05) is 109 Å². The fourth-order valence-electron chi connectivity index (χ4n) is 18.4. The molecule has 3 fully saturated rings. The van der Waals surface area contributed by atoms with E-state index in [0.717, 1.165) is 224 Å². The Kier molecular flexibility index (Phi) is 28.1. The van der Waals surface area contributed by atoms with Gasteiger partial charge in [-0.3, -0.25) is 44.5 Å². The Morgan fingerprint density at radius 2 is 1.26 bits per heavy atom. The predicted molar refractivity (Wildman–Crippen MR) is 533 cm³/mol. The predicted octanol–water partition coefficient (Wildman–Crippen LogP) is 18.0. The van der Waals surface area contributed by atoms with Gasteiger partial charge < -0.3 is 29.9 Å². The number of hydrogen-bond acceptors (Lipinski definition) is 21. The number of piperazine rings is 2. The molecule has 25 nitrogen and oxygen atoms in total. The molecule has 5 aliphatic rings. The zero-order valence-corrected chi connectivity index (χ0v) is 76.3. The van der Waals surface area contributed by atoms with Crippen LogP contribution in [0.2, 0.25) is 0 Å². The maximum atomic E-state index is 12.8. The van der Waals surface area contributed by atoms with Crippen molar-refractivity contribution >= 4 is 78.8 Å². The van der Waals surface area contributed by atoms with Gasteiger partial charge in [0.25, 0.3) is 0 Å². The van der Waals surface area contributed by atoms with Crippen LogP contribution >= 0.6 is 0 Å². The molecule has 25 heteroatoms. The summed E-state index contributed by atoms with van der Waals surface area (Å²) >= 11 is 0. The summed E-state index contributed by atoms with van der Waals surface area (Å²) < 4.78 is 11.6. The van der Waals surface area contributed by atoms with Crippen molar-refractivity contribution < 1.29 is 14.6 Å². The second-order valence-electron chi connectivity index (χ2n) is 34.7. The first-order valence-corrected chi connectivity index (χ1v) is 46.2. The smallest absolute Gasteiger partial charge is 0.162 e. The number of nitrogens with one attached hydrogen (secondary N) is 2. The van der Waals surface area contributed by atoms with Crippen LogP contribution < -0.4 is 19.9 Å². The summed E-state index contributed by atoms with van der Waals surface area (Å²) in [6, 6.07) is 71.9. The molecule has 11 aromatic heterocycles. The first-order chi connectivity index (χ1) is 65.3. The minimum absolute atomic E-state index is 0.00712. The molecule has 0 aliphatic carbocycles. The van der Waals surface area contributed by atoms with Crippen molar-refractivity contribution in [1.29, 1.82) is 0 Å². The molecule has 5 aliphatic heterocycles. The number of rotatable bonds is 18. The number of hydrogen-bond donors (Lipinski definition) is 3. The molecule has 672 valence electrons. The Balaban J connectivity index is 0.000000112. The number of ether oxygens (including phenoxy) is 1. The number of para-hydroxylation sites is 2. The van der Waals surface area contributed by atoms with Crippen LogP contribution in [0.5, 0.6) is 5.75 Å². The van der Waals surface area contributed by atoms with Gasteiger partial charge in [0.15, 0.2) is 17.1 Å². The van der Waals surface area contributed by atoms with E-state index in [2.05, 4.69) is 205 Å². The van der Waals surface area contributed by atoms with Gasteiger partial charge in [-0.1, -0.05) is 129 Å². The van der Waals surface area contributed by atoms with E-state index in [4.69, 9.17) is 24.9 Å². The second-order valence-corrected chi connectivity index (χ2v) is 34.7. The molecular formula is C108H112N22O3. The van der Waals surface area contributed by atoms with E-state index in [1.165, 1.54) is 54.6 Å². The SMILES string of the molecule is CC(C)[C@H]1C(=O)C[C@H](CO)Cc2c[nH]c3cccc(c23)N1C.Cc1cccc(C2=NCC=C2c2ccc3ncccc3n2)n1.Cc1nn(-c2ccccc2)c(C)c1/C=N/N1CCN(Cc2ccccc2)CC1.c1cc(-c2cnn3cc(-c4ccc(OCCN5CCCCC5)cc4)cnc23)ccn1.c1ccc2c(-c3cnn4cc(-c5ccc(N6CCNCC6)cc5)cnc34)ccnc2c1. The van der Waals surface area contributed by atoms with E-state index in [1.54, 1.807) is 18.6 Å². The maximum Gasteiger partial charge on any atom is 0.162 e. The molecule has 0 unspecified atom stereocenters. The number of aliphatic hydroxyl groups excluding tert-OH is 1. The Morgan fingerprint density at radius 1 is 0.571 bits per heavy atom. The number of fused-ring (bicyclic) bond motifs is 4. The van der Waals surface area contributed by atoms with Gasteiger partial charge in [0.05, 0.1) is 81.9 Å². The monoisotopic (exact) mass is 1760 g/mol. The van der Waals surface area contributed by atoms with Crippen molar-refractivity contribution in [2.45, 2.75) is 79.3 Å². The third-order valence-electron chi connectivity index (χ3n) is 25.4. The standard InChI is InChI=1S/C25H22N6.C24H25N5O.C23H27N5.C18H14N4.C18H24N2O2/c1-2-4-24-22(3-1)21(9-10-27-24)23-16-29-31-17-19(15-28-25(23)31)18-5-7-20(8-6-18)30-13-11-26-12-14-30;1-2-12-28(13-3-1)14-15-30-22-6-4-19(5-7-22)21-16-26-24-23(17-27-29(24)18-21)20-8-10-25-11-9-20;1-19-23(20(2)28(25-19)22-11-7-4-8-12-22)17-24-27-15-13-26(14-16-27)18-21-9-5-3-6-10-21;1-12-4-2-5-17(21-12)18-13(9-11-20-18)14-7-8-15-16(22-14)6-3-10-19-15;1-11(2)18-16(22)8-12(10-21)7-13-9-19-14-5-4-6-15(17(13)14)20(18)3/h1-10,15-17,26H,11-14H2;4-11,16-18H,1-3,12-15H2;3-12,17H,13-16,18H2,1-2H3;2-10H,11H2,1H3;4-6,9,11-12,18-19,21H,7-8,10H2,1-3H3/b;;24-17+;;/t;;;;12-,18+/m....1/s1. The van der Waals surface area contributed by atoms with Crippen LogP contribution in [-0.2, 0) is 17.8 Å². The van der Waals surface area contributed by atoms with E-state index in [1.807, 2.05) is 199 Å². The number of aliphatic imine (C=N–C) groups is 1. The van der Waals surface area contributed by atoms with Crippen LogP contribution in [0.15, 0.2) is 297 Å². The van der Waals surface area contributed by atoms with Crippen LogP contribution in [-0.4, -0.2) is 211 Å². The molecule has 2 atom stereocenters. The van der Waals surface area contributed by atoms with Gasteiger partial charge in [0.1, 0.15) is 12.4 Å². The third-order valence-corrected chi connectivity index (χ3v) is 25.4. The highest BCUT2D eigenvalue weighted by atomic mass is 16.5. The number of anilines is 2. The molecule has 6 aromatic carbocycles. The van der Waals surface area contributed by atoms with E-state index in [0.29, 0.717) is 13.0 Å². The molecule has 3 N–H and O–H groups in total. The number of Topliss-reactive ketones (excluding diaryl/α,β-unsaturated/α-hetero) is 1. The minimum atomic E-state index is -0.152. The van der Waals surface area contributed by atoms with Gasteiger partial charge in [0.2, 0.25) is 0 Å². The Morgan fingerprint density at radius 3 is 2.00 bits per heavy atom. The molecule has 0 spiro atoms. The topological polar surface area (TPSA) is 258 Å². The van der Waals surface area contributed by atoms with Crippen molar-refractivity contribution in [3.8, 4) is 55.9 Å². The molecule has 0 amide bonds. The average Bonchev–Trinajstić information content (AvgIpc) is 1.66. The Bertz CT molecular complexity index is 6910. The number of allylic oxidation sites excluding steroid dienone is 1. The minimum Gasteiger partial charge on any atom is -0.492 e. The van der Waals surface area contributed by atoms with Gasteiger partial charge in [0, 0.05) is 208 Å².